The number of benzene rings is 2. The molecule has 0 aliphatic heterocycles. The van der Waals surface area contributed by atoms with Crippen LogP contribution in [0.1, 0.15) is 30.1 Å². The van der Waals surface area contributed by atoms with E-state index >= 15 is 0 Å². The number of hydrogen-bond acceptors (Lipinski definition) is 6. The van der Waals surface area contributed by atoms with Gasteiger partial charge in [0.2, 0.25) is 0 Å². The molecular formula is C20H24O6. The minimum Gasteiger partial charge on any atom is -0.496 e. The van der Waals surface area contributed by atoms with Crippen molar-refractivity contribution in [1.29, 1.82) is 0 Å². The van der Waals surface area contributed by atoms with E-state index in [1.165, 1.54) is 14.0 Å². The van der Waals surface area contributed by atoms with Gasteiger partial charge in [-0.3, -0.25) is 4.79 Å². The number of aliphatic hydroxyl groups is 1. The molecule has 6 heteroatoms. The van der Waals surface area contributed by atoms with E-state index in [4.69, 9.17) is 18.9 Å². The van der Waals surface area contributed by atoms with Crippen LogP contribution < -0.4 is 14.2 Å². The molecule has 0 aliphatic rings. The Hall–Kier alpha value is -2.73. The Morgan fingerprint density at radius 3 is 2.23 bits per heavy atom. The van der Waals surface area contributed by atoms with Crippen LogP contribution in [-0.4, -0.2) is 39.0 Å². The zero-order valence-corrected chi connectivity index (χ0v) is 15.4. The molecule has 0 radical (unpaired) electrons. The van der Waals surface area contributed by atoms with Crippen molar-refractivity contribution in [3.8, 4) is 17.2 Å². The van der Waals surface area contributed by atoms with Gasteiger partial charge in [0.15, 0.2) is 11.5 Å². The van der Waals surface area contributed by atoms with E-state index in [9.17, 15) is 9.90 Å². The van der Waals surface area contributed by atoms with Gasteiger partial charge in [-0.25, -0.2) is 0 Å². The number of ether oxygens (including phenoxy) is 4. The Morgan fingerprint density at radius 1 is 0.962 bits per heavy atom. The summed E-state index contributed by atoms with van der Waals surface area (Å²) in [6, 6.07) is 12.5. The lowest BCUT2D eigenvalue weighted by atomic mass is 9.89. The minimum atomic E-state index is -0.939. The fraction of sp³-hybridized carbons (Fsp3) is 0.350. The zero-order chi connectivity index (χ0) is 19.1. The van der Waals surface area contributed by atoms with Gasteiger partial charge in [-0.05, 0) is 23.8 Å². The van der Waals surface area contributed by atoms with Crippen LogP contribution in [0.5, 0.6) is 17.2 Å². The van der Waals surface area contributed by atoms with Gasteiger partial charge in [-0.2, -0.15) is 0 Å². The van der Waals surface area contributed by atoms with Crippen molar-refractivity contribution in [3.63, 3.8) is 0 Å². The maximum absolute atomic E-state index is 11.3. The molecule has 26 heavy (non-hydrogen) atoms. The predicted molar refractivity (Wildman–Crippen MR) is 96.9 cm³/mol. The summed E-state index contributed by atoms with van der Waals surface area (Å²) in [7, 11) is 4.64. The van der Waals surface area contributed by atoms with Crippen LogP contribution in [0.4, 0.5) is 0 Å². The standard InChI is InChI=1S/C20H24O6/c1-13(21)26-12-16(15-7-5-6-8-17(15)23-2)20(22)14-9-10-18(24-3)19(11-14)25-4/h5-11,16,20,22H,12H2,1-4H3/t16-,20+/m1/s1. The second kappa shape index (κ2) is 9.10. The quantitative estimate of drug-likeness (QED) is 0.729. The maximum atomic E-state index is 11.3. The van der Waals surface area contributed by atoms with Gasteiger partial charge in [0.25, 0.3) is 0 Å². The molecule has 2 rings (SSSR count). The summed E-state index contributed by atoms with van der Waals surface area (Å²) in [5.74, 6) is 0.773. The molecule has 2 aromatic rings. The summed E-state index contributed by atoms with van der Waals surface area (Å²) >= 11 is 0. The Morgan fingerprint density at radius 2 is 1.62 bits per heavy atom. The van der Waals surface area contributed by atoms with E-state index in [0.29, 0.717) is 22.8 Å². The normalized spacial score (nSPS) is 12.8. The predicted octanol–water partition coefficient (Wildman–Crippen LogP) is 3.09. The Balaban J connectivity index is 2.42. The van der Waals surface area contributed by atoms with Crippen molar-refractivity contribution in [2.45, 2.75) is 18.9 Å². The van der Waals surface area contributed by atoms with E-state index in [-0.39, 0.29) is 6.61 Å². The number of hydrogen-bond donors (Lipinski definition) is 1. The summed E-state index contributed by atoms with van der Waals surface area (Å²) < 4.78 is 21.1. The number of esters is 1. The van der Waals surface area contributed by atoms with Crippen molar-refractivity contribution in [1.82, 2.24) is 0 Å². The first kappa shape index (κ1) is 19.6. The number of para-hydroxylation sites is 1. The van der Waals surface area contributed by atoms with Crippen LogP contribution in [0.15, 0.2) is 42.5 Å². The fourth-order valence-corrected chi connectivity index (χ4v) is 2.80. The molecule has 0 spiro atoms. The average molecular weight is 360 g/mol. The third kappa shape index (κ3) is 4.46. The van der Waals surface area contributed by atoms with E-state index < -0.39 is 18.0 Å². The first-order chi connectivity index (χ1) is 12.5. The van der Waals surface area contributed by atoms with Gasteiger partial charge >= 0.3 is 5.97 Å². The summed E-state index contributed by atoms with van der Waals surface area (Å²) in [6.45, 7) is 1.35. The maximum Gasteiger partial charge on any atom is 0.302 e. The molecule has 2 atom stereocenters. The summed E-state index contributed by atoms with van der Waals surface area (Å²) in [4.78, 5) is 11.3. The Kier molecular flexibility index (Phi) is 6.86. The lowest BCUT2D eigenvalue weighted by molar-refractivity contribution is -0.142. The third-order valence-corrected chi connectivity index (χ3v) is 4.13. The molecule has 0 unspecified atom stereocenters. The topological polar surface area (TPSA) is 74.2 Å². The number of rotatable bonds is 8. The van der Waals surface area contributed by atoms with Crippen molar-refractivity contribution < 1.29 is 28.8 Å². The molecule has 1 N–H and O–H groups in total. The molecule has 0 bridgehead atoms. The van der Waals surface area contributed by atoms with Crippen LogP contribution in [0.25, 0.3) is 0 Å². The molecule has 0 heterocycles. The number of aliphatic hydroxyl groups excluding tert-OH is 1. The lowest BCUT2D eigenvalue weighted by Crippen LogP contribution is -2.19. The average Bonchev–Trinajstić information content (AvgIpc) is 2.67. The molecule has 0 amide bonds. The van der Waals surface area contributed by atoms with Gasteiger partial charge in [0, 0.05) is 12.5 Å². The van der Waals surface area contributed by atoms with Gasteiger partial charge in [-0.1, -0.05) is 24.3 Å². The van der Waals surface area contributed by atoms with Crippen molar-refractivity contribution >= 4 is 5.97 Å². The molecule has 0 aromatic heterocycles. The molecule has 0 aliphatic carbocycles. The van der Waals surface area contributed by atoms with E-state index in [2.05, 4.69) is 0 Å². The summed E-state index contributed by atoms with van der Waals surface area (Å²) in [6.07, 6.45) is -0.939. The molecule has 0 fully saturated rings. The number of carbonyl (C=O) groups is 1. The number of carbonyl (C=O) groups excluding carboxylic acids is 1. The largest absolute Gasteiger partial charge is 0.496 e. The SMILES string of the molecule is COc1ccc([C@H](O)[C@H](COC(C)=O)c2ccccc2OC)cc1OC. The number of methoxy groups -OCH3 is 3. The van der Waals surface area contributed by atoms with Crippen LogP contribution >= 0.6 is 0 Å². The highest BCUT2D eigenvalue weighted by Gasteiger charge is 2.27. The van der Waals surface area contributed by atoms with Crippen molar-refractivity contribution in [3.05, 3.63) is 53.6 Å². The molecule has 0 saturated carbocycles. The van der Waals surface area contributed by atoms with Crippen LogP contribution in [-0.2, 0) is 9.53 Å². The molecule has 2 aromatic carbocycles. The highest BCUT2D eigenvalue weighted by atomic mass is 16.5. The van der Waals surface area contributed by atoms with Gasteiger partial charge < -0.3 is 24.1 Å². The Labute approximate surface area is 153 Å². The highest BCUT2D eigenvalue weighted by molar-refractivity contribution is 5.66. The molecule has 140 valence electrons. The first-order valence-corrected chi connectivity index (χ1v) is 8.18. The molecular weight excluding hydrogens is 336 g/mol. The second-order valence-corrected chi connectivity index (χ2v) is 5.71. The summed E-state index contributed by atoms with van der Waals surface area (Å²) in [5, 5.41) is 11.0. The van der Waals surface area contributed by atoms with Crippen LogP contribution in [0.3, 0.4) is 0 Å². The van der Waals surface area contributed by atoms with Gasteiger partial charge in [-0.15, -0.1) is 0 Å². The van der Waals surface area contributed by atoms with E-state index in [0.717, 1.165) is 5.56 Å². The summed E-state index contributed by atoms with van der Waals surface area (Å²) in [5.41, 5.74) is 1.37. The highest BCUT2D eigenvalue weighted by Crippen LogP contribution is 2.39. The monoisotopic (exact) mass is 360 g/mol. The molecule has 6 nitrogen and oxygen atoms in total. The lowest BCUT2D eigenvalue weighted by Gasteiger charge is -2.25. The minimum absolute atomic E-state index is 0.0191. The van der Waals surface area contributed by atoms with Gasteiger partial charge in [0.1, 0.15) is 12.4 Å². The van der Waals surface area contributed by atoms with Gasteiger partial charge in [0.05, 0.1) is 33.4 Å². The Bertz CT molecular complexity index is 743. The van der Waals surface area contributed by atoms with Crippen molar-refractivity contribution in [2.75, 3.05) is 27.9 Å². The van der Waals surface area contributed by atoms with E-state index in [1.54, 1.807) is 38.5 Å². The van der Waals surface area contributed by atoms with Crippen LogP contribution in [0, 0.1) is 0 Å². The van der Waals surface area contributed by atoms with E-state index in [1.807, 2.05) is 18.2 Å². The smallest absolute Gasteiger partial charge is 0.302 e. The third-order valence-electron chi connectivity index (χ3n) is 4.13. The second-order valence-electron chi connectivity index (χ2n) is 5.71. The fourth-order valence-electron chi connectivity index (χ4n) is 2.80. The zero-order valence-electron chi connectivity index (χ0n) is 15.4. The first-order valence-electron chi connectivity index (χ1n) is 8.18. The molecule has 0 saturated heterocycles. The van der Waals surface area contributed by atoms with Crippen LogP contribution in [0.2, 0.25) is 0 Å². The van der Waals surface area contributed by atoms with Crippen molar-refractivity contribution in [2.24, 2.45) is 0 Å².